The first-order valence-corrected chi connectivity index (χ1v) is 5.23. The zero-order valence-electron chi connectivity index (χ0n) is 7.20. The van der Waals surface area contributed by atoms with Gasteiger partial charge >= 0.3 is 0 Å². The van der Waals surface area contributed by atoms with Crippen LogP contribution in [0.25, 0.3) is 0 Å². The van der Waals surface area contributed by atoms with Gasteiger partial charge in [0.1, 0.15) is 0 Å². The van der Waals surface area contributed by atoms with Crippen LogP contribution < -0.4 is 5.32 Å². The standard InChI is InChI=1S/C10H12BrNO/c11-8-3-1-7(2-4-8)10-9(13)5-6-12-10/h1-4,9-10,12-13H,5-6H2/t9-,10-/m1/s1. The van der Waals surface area contributed by atoms with Gasteiger partial charge in [-0.3, -0.25) is 0 Å². The summed E-state index contributed by atoms with van der Waals surface area (Å²) in [5, 5.41) is 12.9. The molecule has 13 heavy (non-hydrogen) atoms. The number of halogens is 1. The van der Waals surface area contributed by atoms with Crippen LogP contribution >= 0.6 is 15.9 Å². The fourth-order valence-corrected chi connectivity index (χ4v) is 1.96. The van der Waals surface area contributed by atoms with E-state index in [0.29, 0.717) is 0 Å². The van der Waals surface area contributed by atoms with Crippen molar-refractivity contribution in [3.05, 3.63) is 34.3 Å². The number of hydrogen-bond acceptors (Lipinski definition) is 2. The number of rotatable bonds is 1. The smallest absolute Gasteiger partial charge is 0.0747 e. The fraction of sp³-hybridized carbons (Fsp3) is 0.400. The summed E-state index contributed by atoms with van der Waals surface area (Å²) >= 11 is 3.39. The molecule has 2 atom stereocenters. The molecule has 2 N–H and O–H groups in total. The van der Waals surface area contributed by atoms with E-state index in [1.807, 2.05) is 24.3 Å². The highest BCUT2D eigenvalue weighted by Crippen LogP contribution is 2.24. The van der Waals surface area contributed by atoms with E-state index in [1.54, 1.807) is 0 Å². The van der Waals surface area contributed by atoms with Crippen LogP contribution in [0.15, 0.2) is 28.7 Å². The molecule has 0 radical (unpaired) electrons. The van der Waals surface area contributed by atoms with Crippen molar-refractivity contribution in [2.24, 2.45) is 0 Å². The molecule has 0 aliphatic carbocycles. The summed E-state index contributed by atoms with van der Waals surface area (Å²) < 4.78 is 1.07. The summed E-state index contributed by atoms with van der Waals surface area (Å²) in [6.45, 7) is 0.905. The molecule has 0 unspecified atom stereocenters. The van der Waals surface area contributed by atoms with E-state index in [1.165, 1.54) is 0 Å². The van der Waals surface area contributed by atoms with Crippen molar-refractivity contribution >= 4 is 15.9 Å². The second-order valence-corrected chi connectivity index (χ2v) is 4.26. The van der Waals surface area contributed by atoms with Gasteiger partial charge in [-0.25, -0.2) is 0 Å². The van der Waals surface area contributed by atoms with E-state index in [-0.39, 0.29) is 12.1 Å². The highest BCUT2D eigenvalue weighted by molar-refractivity contribution is 9.10. The lowest BCUT2D eigenvalue weighted by Crippen LogP contribution is -2.20. The predicted molar refractivity (Wildman–Crippen MR) is 55.5 cm³/mol. The fourth-order valence-electron chi connectivity index (χ4n) is 1.70. The maximum atomic E-state index is 9.64. The van der Waals surface area contributed by atoms with E-state index >= 15 is 0 Å². The SMILES string of the molecule is O[C@@H]1CCN[C@@H]1c1ccc(Br)cc1. The van der Waals surface area contributed by atoms with Crippen molar-refractivity contribution in [2.45, 2.75) is 18.6 Å². The molecule has 0 bridgehead atoms. The third-order valence-corrected chi connectivity index (χ3v) is 2.95. The summed E-state index contributed by atoms with van der Waals surface area (Å²) in [5.74, 6) is 0. The molecule has 1 aliphatic rings. The quantitative estimate of drug-likeness (QED) is 0.787. The summed E-state index contributed by atoms with van der Waals surface area (Å²) in [5.41, 5.74) is 1.16. The van der Waals surface area contributed by atoms with Crippen LogP contribution in [0.3, 0.4) is 0 Å². The average Bonchev–Trinajstić information content (AvgIpc) is 2.53. The first-order chi connectivity index (χ1) is 6.27. The molecule has 0 saturated carbocycles. The molecule has 2 rings (SSSR count). The van der Waals surface area contributed by atoms with Gasteiger partial charge in [0.15, 0.2) is 0 Å². The Morgan fingerprint density at radius 3 is 2.54 bits per heavy atom. The van der Waals surface area contributed by atoms with E-state index in [9.17, 15) is 5.11 Å². The zero-order valence-corrected chi connectivity index (χ0v) is 8.79. The Kier molecular flexibility index (Phi) is 2.67. The Morgan fingerprint density at radius 2 is 2.00 bits per heavy atom. The van der Waals surface area contributed by atoms with E-state index in [4.69, 9.17) is 0 Å². The van der Waals surface area contributed by atoms with E-state index in [2.05, 4.69) is 21.2 Å². The number of nitrogens with one attached hydrogen (secondary N) is 1. The zero-order chi connectivity index (χ0) is 9.26. The molecule has 1 aliphatic heterocycles. The van der Waals surface area contributed by atoms with Gasteiger partial charge in [-0.2, -0.15) is 0 Å². The molecule has 0 spiro atoms. The van der Waals surface area contributed by atoms with Gasteiger partial charge in [0.25, 0.3) is 0 Å². The molecule has 0 amide bonds. The Labute approximate surface area is 86.1 Å². The summed E-state index contributed by atoms with van der Waals surface area (Å²) in [6.07, 6.45) is 0.613. The maximum Gasteiger partial charge on any atom is 0.0747 e. The lowest BCUT2D eigenvalue weighted by Gasteiger charge is -2.14. The third-order valence-electron chi connectivity index (χ3n) is 2.42. The van der Waals surface area contributed by atoms with E-state index in [0.717, 1.165) is 23.0 Å². The number of benzene rings is 1. The molecule has 3 heteroatoms. The van der Waals surface area contributed by atoms with Gasteiger partial charge in [0.05, 0.1) is 12.1 Å². The number of aliphatic hydroxyl groups excluding tert-OH is 1. The van der Waals surface area contributed by atoms with Gasteiger partial charge in [-0.15, -0.1) is 0 Å². The molecule has 1 saturated heterocycles. The highest BCUT2D eigenvalue weighted by Gasteiger charge is 2.25. The molecule has 0 aromatic heterocycles. The molecule has 1 fully saturated rings. The summed E-state index contributed by atoms with van der Waals surface area (Å²) in [6, 6.07) is 8.20. The third kappa shape index (κ3) is 1.93. The van der Waals surface area contributed by atoms with Crippen LogP contribution in [-0.4, -0.2) is 17.8 Å². The first-order valence-electron chi connectivity index (χ1n) is 4.44. The average molecular weight is 242 g/mol. The van der Waals surface area contributed by atoms with Crippen molar-refractivity contribution in [2.75, 3.05) is 6.54 Å². The van der Waals surface area contributed by atoms with Crippen molar-refractivity contribution in [3.63, 3.8) is 0 Å². The van der Waals surface area contributed by atoms with Crippen LogP contribution in [-0.2, 0) is 0 Å². The Hall–Kier alpha value is -0.380. The minimum absolute atomic E-state index is 0.119. The molecular weight excluding hydrogens is 230 g/mol. The number of hydrogen-bond donors (Lipinski definition) is 2. The van der Waals surface area contributed by atoms with Gasteiger partial charge < -0.3 is 10.4 Å². The highest BCUT2D eigenvalue weighted by atomic mass is 79.9. The van der Waals surface area contributed by atoms with Crippen LogP contribution in [0, 0.1) is 0 Å². The van der Waals surface area contributed by atoms with Gasteiger partial charge in [0.2, 0.25) is 0 Å². The van der Waals surface area contributed by atoms with Crippen LogP contribution in [0.5, 0.6) is 0 Å². The topological polar surface area (TPSA) is 32.3 Å². The second kappa shape index (κ2) is 3.78. The maximum absolute atomic E-state index is 9.64. The van der Waals surface area contributed by atoms with Crippen molar-refractivity contribution in [3.8, 4) is 0 Å². The molecular formula is C10H12BrNO. The van der Waals surface area contributed by atoms with Crippen molar-refractivity contribution < 1.29 is 5.11 Å². The van der Waals surface area contributed by atoms with Gasteiger partial charge in [-0.1, -0.05) is 28.1 Å². The van der Waals surface area contributed by atoms with Crippen molar-refractivity contribution in [1.82, 2.24) is 5.32 Å². The molecule has 1 heterocycles. The predicted octanol–water partition coefficient (Wildman–Crippen LogP) is 1.84. The lowest BCUT2D eigenvalue weighted by molar-refractivity contribution is 0.160. The van der Waals surface area contributed by atoms with E-state index < -0.39 is 0 Å². The van der Waals surface area contributed by atoms with Gasteiger partial charge in [-0.05, 0) is 30.7 Å². The first kappa shape index (κ1) is 9.19. The molecule has 2 nitrogen and oxygen atoms in total. The Balaban J connectivity index is 2.20. The summed E-state index contributed by atoms with van der Waals surface area (Å²) in [4.78, 5) is 0. The Bertz CT molecular complexity index is 285. The van der Waals surface area contributed by atoms with Gasteiger partial charge in [0, 0.05) is 4.47 Å². The molecule has 1 aromatic rings. The van der Waals surface area contributed by atoms with Crippen molar-refractivity contribution in [1.29, 1.82) is 0 Å². The molecule has 1 aromatic carbocycles. The monoisotopic (exact) mass is 241 g/mol. The molecule has 70 valence electrons. The normalized spacial score (nSPS) is 27.8. The lowest BCUT2D eigenvalue weighted by atomic mass is 10.0. The van der Waals surface area contributed by atoms with Crippen LogP contribution in [0.1, 0.15) is 18.0 Å². The largest absolute Gasteiger partial charge is 0.391 e. The van der Waals surface area contributed by atoms with Crippen LogP contribution in [0.4, 0.5) is 0 Å². The minimum atomic E-state index is -0.235. The van der Waals surface area contributed by atoms with Crippen LogP contribution in [0.2, 0.25) is 0 Å². The number of aliphatic hydroxyl groups is 1. The second-order valence-electron chi connectivity index (χ2n) is 3.34. The summed E-state index contributed by atoms with van der Waals surface area (Å²) in [7, 11) is 0. The Morgan fingerprint density at radius 1 is 1.31 bits per heavy atom. The minimum Gasteiger partial charge on any atom is -0.391 e.